The Labute approximate surface area is 188 Å². The first-order valence-electron chi connectivity index (χ1n) is 10.6. The van der Waals surface area contributed by atoms with Crippen LogP contribution in [0.15, 0.2) is 49.1 Å². The van der Waals surface area contributed by atoms with Gasteiger partial charge in [0, 0.05) is 19.2 Å². The lowest BCUT2D eigenvalue weighted by molar-refractivity contribution is 0.287. The summed E-state index contributed by atoms with van der Waals surface area (Å²) >= 11 is 0. The second kappa shape index (κ2) is 10.8. The van der Waals surface area contributed by atoms with Crippen LogP contribution >= 0.6 is 0 Å². The Balaban J connectivity index is 1.63. The number of aryl methyl sites for hydroxylation is 1. The molecule has 6 nitrogen and oxygen atoms in total. The highest BCUT2D eigenvalue weighted by Gasteiger charge is 2.28. The second-order valence-corrected chi connectivity index (χ2v) is 9.40. The van der Waals surface area contributed by atoms with Crippen molar-refractivity contribution in [2.24, 2.45) is 0 Å². The van der Waals surface area contributed by atoms with Crippen molar-refractivity contribution in [3.63, 3.8) is 0 Å². The molecule has 1 aliphatic heterocycles. The van der Waals surface area contributed by atoms with Crippen LogP contribution in [0.3, 0.4) is 0 Å². The molecule has 3 rings (SSSR count). The number of nitrogens with zero attached hydrogens (tertiary/aromatic N) is 2. The summed E-state index contributed by atoms with van der Waals surface area (Å²) in [6, 6.07) is 8.03. The Morgan fingerprint density at radius 2 is 2.03 bits per heavy atom. The van der Waals surface area contributed by atoms with Crippen molar-refractivity contribution in [3.05, 3.63) is 66.3 Å². The third-order valence-corrected chi connectivity index (χ3v) is 6.67. The molecule has 9 heteroatoms. The van der Waals surface area contributed by atoms with Crippen molar-refractivity contribution in [1.29, 1.82) is 0 Å². The minimum atomic E-state index is -4.07. The zero-order valence-electron chi connectivity index (χ0n) is 18.2. The van der Waals surface area contributed by atoms with Gasteiger partial charge < -0.3 is 9.64 Å². The summed E-state index contributed by atoms with van der Waals surface area (Å²) in [6.07, 6.45) is 5.13. The fourth-order valence-corrected chi connectivity index (χ4v) is 4.99. The summed E-state index contributed by atoms with van der Waals surface area (Å²) in [4.78, 5) is 2.19. The quantitative estimate of drug-likeness (QED) is 0.396. The van der Waals surface area contributed by atoms with Gasteiger partial charge in [-0.15, -0.1) is 6.58 Å². The van der Waals surface area contributed by atoms with Crippen LogP contribution in [0.25, 0.3) is 0 Å². The molecule has 0 aromatic heterocycles. The lowest BCUT2D eigenvalue weighted by atomic mass is 10.0. The Bertz CT molecular complexity index is 1050. The second-order valence-electron chi connectivity index (χ2n) is 7.80. The van der Waals surface area contributed by atoms with Gasteiger partial charge in [0.05, 0.1) is 18.0 Å². The molecule has 0 saturated heterocycles. The normalized spacial score (nSPS) is 13.7. The van der Waals surface area contributed by atoms with Crippen LogP contribution in [-0.2, 0) is 16.6 Å². The predicted octanol–water partition coefficient (Wildman–Crippen LogP) is 4.35. The van der Waals surface area contributed by atoms with Crippen LogP contribution in [0.4, 0.5) is 20.2 Å². The predicted molar refractivity (Wildman–Crippen MR) is 123 cm³/mol. The van der Waals surface area contributed by atoms with E-state index < -0.39 is 21.8 Å². The zero-order chi connectivity index (χ0) is 23.1. The molecule has 1 N–H and O–H groups in total. The number of hydrogen-bond acceptors (Lipinski definition) is 4. The van der Waals surface area contributed by atoms with Gasteiger partial charge in [-0.2, -0.15) is 8.42 Å². The van der Waals surface area contributed by atoms with Crippen LogP contribution < -0.4 is 13.8 Å². The molecule has 0 saturated carbocycles. The average Bonchev–Trinajstić information content (AvgIpc) is 2.75. The van der Waals surface area contributed by atoms with Gasteiger partial charge in [-0.1, -0.05) is 6.08 Å². The molecular formula is C23H29F2N3O3S. The van der Waals surface area contributed by atoms with Gasteiger partial charge in [-0.3, -0.25) is 9.03 Å². The number of nitrogens with one attached hydrogen (secondary N) is 1. The molecule has 0 spiro atoms. The van der Waals surface area contributed by atoms with Crippen LogP contribution in [0.2, 0.25) is 0 Å². The topological polar surface area (TPSA) is 61.9 Å². The Kier molecular flexibility index (Phi) is 8.09. The van der Waals surface area contributed by atoms with E-state index in [1.54, 1.807) is 12.1 Å². The van der Waals surface area contributed by atoms with Gasteiger partial charge >= 0.3 is 10.2 Å². The number of hydrogen-bond donors (Lipinski definition) is 1. The van der Waals surface area contributed by atoms with Crippen LogP contribution in [0.1, 0.15) is 24.8 Å². The number of benzene rings is 2. The highest BCUT2D eigenvalue weighted by atomic mass is 32.2. The Hall–Kier alpha value is -2.65. The molecule has 1 heterocycles. The van der Waals surface area contributed by atoms with Gasteiger partial charge in [0.2, 0.25) is 0 Å². The van der Waals surface area contributed by atoms with Crippen molar-refractivity contribution >= 4 is 21.6 Å². The molecule has 2 aromatic rings. The van der Waals surface area contributed by atoms with Gasteiger partial charge in [0.15, 0.2) is 0 Å². The molecule has 0 amide bonds. The third-order valence-electron chi connectivity index (χ3n) is 5.23. The maximum absolute atomic E-state index is 13.9. The van der Waals surface area contributed by atoms with Crippen LogP contribution in [0.5, 0.6) is 5.75 Å². The van der Waals surface area contributed by atoms with Gasteiger partial charge in [0.1, 0.15) is 17.4 Å². The summed E-state index contributed by atoms with van der Waals surface area (Å²) in [7, 11) is -2.02. The lowest BCUT2D eigenvalue weighted by Crippen LogP contribution is -2.39. The molecule has 174 valence electrons. The van der Waals surface area contributed by atoms with Crippen molar-refractivity contribution in [2.45, 2.75) is 25.7 Å². The molecule has 0 bridgehead atoms. The van der Waals surface area contributed by atoms with Gasteiger partial charge in [-0.05, 0) is 75.2 Å². The maximum Gasteiger partial charge on any atom is 0.324 e. The Morgan fingerprint density at radius 1 is 1.22 bits per heavy atom. The number of anilines is 2. The minimum absolute atomic E-state index is 0.267. The van der Waals surface area contributed by atoms with Crippen LogP contribution in [0, 0.1) is 11.6 Å². The molecule has 2 aromatic carbocycles. The standard InChI is InChI=1S/C23H29F2N3O3S/c1-3-12-27(2)13-4-5-15-31-20-9-11-23-18(16-20)7-6-14-28(23)32(29,30)26-22-10-8-19(24)17-21(22)25/h3,8-11,16-17,26H,1,4-7,12-15H2,2H3. The van der Waals surface area contributed by atoms with Gasteiger partial charge in [-0.25, -0.2) is 8.78 Å². The molecule has 1 aliphatic rings. The van der Waals surface area contributed by atoms with Crippen molar-refractivity contribution in [3.8, 4) is 5.75 Å². The first kappa shape index (κ1) is 24.0. The highest BCUT2D eigenvalue weighted by molar-refractivity contribution is 7.94. The number of fused-ring (bicyclic) bond motifs is 1. The largest absolute Gasteiger partial charge is 0.494 e. The molecule has 0 unspecified atom stereocenters. The molecule has 32 heavy (non-hydrogen) atoms. The lowest BCUT2D eigenvalue weighted by Gasteiger charge is -2.31. The summed E-state index contributed by atoms with van der Waals surface area (Å²) < 4.78 is 62.1. The van der Waals surface area contributed by atoms with E-state index in [4.69, 9.17) is 4.74 Å². The fraction of sp³-hybridized carbons (Fsp3) is 0.391. The van der Waals surface area contributed by atoms with Gasteiger partial charge in [0.25, 0.3) is 0 Å². The minimum Gasteiger partial charge on any atom is -0.494 e. The highest BCUT2D eigenvalue weighted by Crippen LogP contribution is 2.33. The molecular weight excluding hydrogens is 436 g/mol. The number of halogens is 2. The molecule has 0 fully saturated rings. The number of likely N-dealkylation sites (N-methyl/N-ethyl adjacent to an activating group) is 1. The van der Waals surface area contributed by atoms with E-state index in [-0.39, 0.29) is 12.2 Å². The van der Waals surface area contributed by atoms with E-state index in [2.05, 4.69) is 16.2 Å². The number of ether oxygens (including phenoxy) is 1. The Morgan fingerprint density at radius 3 is 2.78 bits per heavy atom. The molecule has 0 aliphatic carbocycles. The monoisotopic (exact) mass is 465 g/mol. The SMILES string of the molecule is C=CCN(C)CCCCOc1ccc2c(c1)CCCN2S(=O)(=O)Nc1ccc(F)cc1F. The van der Waals surface area contributed by atoms with E-state index in [1.807, 2.05) is 19.2 Å². The van der Waals surface area contributed by atoms with Crippen LogP contribution in [-0.4, -0.2) is 46.6 Å². The third kappa shape index (κ3) is 6.20. The summed E-state index contributed by atoms with van der Waals surface area (Å²) in [5.41, 5.74) is 1.09. The number of unbranched alkanes of at least 4 members (excludes halogenated alkanes) is 1. The van der Waals surface area contributed by atoms with E-state index in [0.717, 1.165) is 50.0 Å². The van der Waals surface area contributed by atoms with Crippen molar-refractivity contribution in [2.75, 3.05) is 42.3 Å². The van der Waals surface area contributed by atoms with E-state index in [0.29, 0.717) is 30.5 Å². The molecule has 0 atom stereocenters. The van der Waals surface area contributed by atoms with E-state index in [9.17, 15) is 17.2 Å². The molecule has 0 radical (unpaired) electrons. The maximum atomic E-state index is 13.9. The average molecular weight is 466 g/mol. The fourth-order valence-electron chi connectivity index (χ4n) is 3.63. The number of rotatable bonds is 11. The first-order valence-corrected chi connectivity index (χ1v) is 12.0. The smallest absolute Gasteiger partial charge is 0.324 e. The summed E-state index contributed by atoms with van der Waals surface area (Å²) in [5.74, 6) is -1.05. The summed E-state index contributed by atoms with van der Waals surface area (Å²) in [6.45, 7) is 6.39. The van der Waals surface area contributed by atoms with Crippen molar-refractivity contribution < 1.29 is 21.9 Å². The summed E-state index contributed by atoms with van der Waals surface area (Å²) in [5, 5.41) is 0. The van der Waals surface area contributed by atoms with E-state index >= 15 is 0 Å². The van der Waals surface area contributed by atoms with Crippen molar-refractivity contribution in [1.82, 2.24) is 4.90 Å². The zero-order valence-corrected chi connectivity index (χ0v) is 19.0. The first-order chi connectivity index (χ1) is 15.3. The van der Waals surface area contributed by atoms with E-state index in [1.165, 1.54) is 4.31 Å².